The summed E-state index contributed by atoms with van der Waals surface area (Å²) in [4.78, 5) is 37.5. The number of aromatic nitrogens is 2. The number of aliphatic hydroxyl groups excluding tert-OH is 1. The van der Waals surface area contributed by atoms with E-state index >= 15 is 0 Å². The van der Waals surface area contributed by atoms with Crippen LogP contribution < -0.4 is 10.6 Å². The van der Waals surface area contributed by atoms with Gasteiger partial charge in [-0.3, -0.25) is 9.59 Å². The van der Waals surface area contributed by atoms with E-state index in [2.05, 4.69) is 41.4 Å². The van der Waals surface area contributed by atoms with Crippen molar-refractivity contribution in [1.29, 1.82) is 0 Å². The van der Waals surface area contributed by atoms with Gasteiger partial charge in [-0.25, -0.2) is 9.97 Å². The van der Waals surface area contributed by atoms with Crippen LogP contribution in [0.3, 0.4) is 0 Å². The number of nitrogens with one attached hydrogen (secondary N) is 2. The average molecular weight is 460 g/mol. The summed E-state index contributed by atoms with van der Waals surface area (Å²) < 4.78 is 0. The molecule has 2 aromatic rings. The Labute approximate surface area is 193 Å². The first kappa shape index (κ1) is 24.1. The fraction of sp³-hybridized carbons (Fsp3) is 0.565. The molecule has 0 unspecified atom stereocenters. The molecule has 9 heteroatoms. The van der Waals surface area contributed by atoms with E-state index in [0.29, 0.717) is 11.4 Å². The molecule has 3 rings (SSSR count). The van der Waals surface area contributed by atoms with Crippen LogP contribution in [-0.2, 0) is 0 Å². The van der Waals surface area contributed by atoms with Crippen LogP contribution in [-0.4, -0.2) is 62.6 Å². The number of rotatable bonds is 6. The number of amides is 2. The largest absolute Gasteiger partial charge is 0.392 e. The molecule has 174 valence electrons. The van der Waals surface area contributed by atoms with Gasteiger partial charge in [0.15, 0.2) is 5.01 Å². The lowest BCUT2D eigenvalue weighted by atomic mass is 10.1. The minimum Gasteiger partial charge on any atom is -0.392 e. The number of thiazole rings is 1. The van der Waals surface area contributed by atoms with Crippen LogP contribution in [0, 0.1) is 6.92 Å². The summed E-state index contributed by atoms with van der Waals surface area (Å²) in [5, 5.41) is 15.7. The zero-order valence-corrected chi connectivity index (χ0v) is 20.5. The Morgan fingerprint density at radius 2 is 2.09 bits per heavy atom. The van der Waals surface area contributed by atoms with Crippen molar-refractivity contribution in [3.8, 4) is 10.4 Å². The molecule has 3 N–H and O–H groups in total. The standard InChI is InChI=1S/C23H33N5O3S/c1-13-10-17(27-23(4,5)6)24-12-16(13)19-18(22(31)28-9-7-8-14(28)2)26-21(32-19)20(30)25-11-15(3)29/h10,12,14-15,29H,7-9,11H2,1-6H3,(H,24,27)(H,25,30)/t14-,15+/m0/s1. The lowest BCUT2D eigenvalue weighted by Gasteiger charge is -2.22. The average Bonchev–Trinajstić information content (AvgIpc) is 3.31. The molecule has 32 heavy (non-hydrogen) atoms. The first-order valence-electron chi connectivity index (χ1n) is 11.0. The molecule has 0 spiro atoms. The minimum absolute atomic E-state index is 0.119. The highest BCUT2D eigenvalue weighted by Crippen LogP contribution is 2.35. The van der Waals surface area contributed by atoms with Crippen LogP contribution >= 0.6 is 11.3 Å². The Kier molecular flexibility index (Phi) is 7.19. The van der Waals surface area contributed by atoms with Gasteiger partial charge >= 0.3 is 0 Å². The van der Waals surface area contributed by atoms with Crippen molar-refractivity contribution in [2.45, 2.75) is 72.1 Å². The van der Waals surface area contributed by atoms with Crippen LogP contribution in [0.4, 0.5) is 5.82 Å². The molecule has 1 fully saturated rings. The fourth-order valence-electron chi connectivity index (χ4n) is 3.68. The van der Waals surface area contributed by atoms with Crippen LogP contribution in [0.25, 0.3) is 10.4 Å². The Hall–Kier alpha value is -2.52. The highest BCUT2D eigenvalue weighted by Gasteiger charge is 2.32. The number of carbonyl (C=O) groups is 2. The molecule has 0 saturated carbocycles. The van der Waals surface area contributed by atoms with Gasteiger partial charge in [-0.2, -0.15) is 0 Å². The molecule has 8 nitrogen and oxygen atoms in total. The van der Waals surface area contributed by atoms with Crippen molar-refractivity contribution in [1.82, 2.24) is 20.2 Å². The number of hydrogen-bond donors (Lipinski definition) is 3. The Morgan fingerprint density at radius 1 is 1.38 bits per heavy atom. The molecular formula is C23H33N5O3S. The summed E-state index contributed by atoms with van der Waals surface area (Å²) in [5.74, 6) is 0.189. The van der Waals surface area contributed by atoms with Crippen LogP contribution in [0.15, 0.2) is 12.3 Å². The third-order valence-electron chi connectivity index (χ3n) is 5.25. The maximum Gasteiger partial charge on any atom is 0.280 e. The molecule has 1 saturated heterocycles. The van der Waals surface area contributed by atoms with E-state index in [0.717, 1.165) is 29.8 Å². The van der Waals surface area contributed by atoms with Crippen molar-refractivity contribution in [2.24, 2.45) is 0 Å². The van der Waals surface area contributed by atoms with Gasteiger partial charge < -0.3 is 20.6 Å². The Morgan fingerprint density at radius 3 is 2.66 bits per heavy atom. The highest BCUT2D eigenvalue weighted by atomic mass is 32.1. The van der Waals surface area contributed by atoms with E-state index in [1.54, 1.807) is 13.1 Å². The van der Waals surface area contributed by atoms with Crippen LogP contribution in [0.1, 0.15) is 73.3 Å². The number of carbonyl (C=O) groups excluding carboxylic acids is 2. The lowest BCUT2D eigenvalue weighted by Crippen LogP contribution is -2.34. The van der Waals surface area contributed by atoms with Gasteiger partial charge in [0.25, 0.3) is 11.8 Å². The number of aryl methyl sites for hydroxylation is 1. The van der Waals surface area contributed by atoms with Gasteiger partial charge in [-0.1, -0.05) is 0 Å². The van der Waals surface area contributed by atoms with E-state index < -0.39 is 12.0 Å². The van der Waals surface area contributed by atoms with E-state index in [4.69, 9.17) is 0 Å². The lowest BCUT2D eigenvalue weighted by molar-refractivity contribution is 0.0743. The molecule has 2 amide bonds. The maximum absolute atomic E-state index is 13.4. The quantitative estimate of drug-likeness (QED) is 0.611. The Bertz CT molecular complexity index is 996. The van der Waals surface area contributed by atoms with Crippen molar-refractivity contribution in [3.05, 3.63) is 28.5 Å². The zero-order valence-electron chi connectivity index (χ0n) is 19.7. The number of aliphatic hydroxyl groups is 1. The second kappa shape index (κ2) is 9.54. The molecule has 0 aliphatic carbocycles. The van der Waals surface area contributed by atoms with Crippen molar-refractivity contribution >= 4 is 29.0 Å². The topological polar surface area (TPSA) is 107 Å². The molecule has 2 aromatic heterocycles. The summed E-state index contributed by atoms with van der Waals surface area (Å²) in [6, 6.07) is 2.09. The summed E-state index contributed by atoms with van der Waals surface area (Å²) in [5.41, 5.74) is 1.88. The molecule has 0 bridgehead atoms. The number of nitrogens with zero attached hydrogens (tertiary/aromatic N) is 3. The van der Waals surface area contributed by atoms with Gasteiger partial charge in [-0.05, 0) is 66.0 Å². The van der Waals surface area contributed by atoms with Crippen molar-refractivity contribution in [3.63, 3.8) is 0 Å². The molecular weight excluding hydrogens is 426 g/mol. The zero-order chi connectivity index (χ0) is 23.6. The van der Waals surface area contributed by atoms with Gasteiger partial charge in [0.05, 0.1) is 11.0 Å². The summed E-state index contributed by atoms with van der Waals surface area (Å²) >= 11 is 1.18. The first-order valence-corrected chi connectivity index (χ1v) is 11.8. The molecule has 1 aliphatic rings. The van der Waals surface area contributed by atoms with E-state index in [1.807, 2.05) is 24.8 Å². The third kappa shape index (κ3) is 5.63. The smallest absolute Gasteiger partial charge is 0.280 e. The fourth-order valence-corrected chi connectivity index (χ4v) is 4.73. The second-order valence-electron chi connectivity index (χ2n) is 9.51. The number of likely N-dealkylation sites (tertiary alicyclic amines) is 1. The van der Waals surface area contributed by atoms with E-state index in [1.165, 1.54) is 11.3 Å². The van der Waals surface area contributed by atoms with E-state index in [9.17, 15) is 14.7 Å². The first-order chi connectivity index (χ1) is 15.0. The normalized spacial score (nSPS) is 17.3. The summed E-state index contributed by atoms with van der Waals surface area (Å²) in [6.45, 7) is 12.6. The van der Waals surface area contributed by atoms with Crippen molar-refractivity contribution < 1.29 is 14.7 Å². The van der Waals surface area contributed by atoms with E-state index in [-0.39, 0.29) is 34.7 Å². The number of hydrogen-bond acceptors (Lipinski definition) is 7. The van der Waals surface area contributed by atoms with Crippen LogP contribution in [0.5, 0.6) is 0 Å². The van der Waals surface area contributed by atoms with Gasteiger partial charge in [-0.15, -0.1) is 11.3 Å². The summed E-state index contributed by atoms with van der Waals surface area (Å²) in [6.07, 6.45) is 2.99. The third-order valence-corrected chi connectivity index (χ3v) is 6.34. The van der Waals surface area contributed by atoms with Gasteiger partial charge in [0.2, 0.25) is 0 Å². The molecule has 0 aromatic carbocycles. The van der Waals surface area contributed by atoms with Gasteiger partial charge in [0, 0.05) is 36.4 Å². The highest BCUT2D eigenvalue weighted by molar-refractivity contribution is 7.17. The second-order valence-corrected chi connectivity index (χ2v) is 10.5. The molecule has 2 atom stereocenters. The number of pyridine rings is 1. The minimum atomic E-state index is -0.667. The molecule has 3 heterocycles. The van der Waals surface area contributed by atoms with Crippen molar-refractivity contribution in [2.75, 3.05) is 18.4 Å². The maximum atomic E-state index is 13.4. The monoisotopic (exact) mass is 459 g/mol. The number of anilines is 1. The SMILES string of the molecule is Cc1cc(NC(C)(C)C)ncc1-c1sc(C(=O)NC[C@@H](C)O)nc1C(=O)N1CCC[C@@H]1C. The molecule has 0 radical (unpaired) electrons. The van der Waals surface area contributed by atoms with Crippen LogP contribution in [0.2, 0.25) is 0 Å². The molecule has 1 aliphatic heterocycles. The van der Waals surface area contributed by atoms with Gasteiger partial charge in [0.1, 0.15) is 11.5 Å². The predicted molar refractivity (Wildman–Crippen MR) is 127 cm³/mol. The summed E-state index contributed by atoms with van der Waals surface area (Å²) in [7, 11) is 0. The predicted octanol–water partition coefficient (Wildman–Crippen LogP) is 3.46. The Balaban J connectivity index is 2.01.